The summed E-state index contributed by atoms with van der Waals surface area (Å²) in [5.41, 5.74) is 7.10. The van der Waals surface area contributed by atoms with Crippen LogP contribution in [-0.4, -0.2) is 28.6 Å². The van der Waals surface area contributed by atoms with Gasteiger partial charge in [-0.25, -0.2) is 4.79 Å². The third-order valence-corrected chi connectivity index (χ3v) is 4.26. The Morgan fingerprint density at radius 2 is 2.41 bits per heavy atom. The lowest BCUT2D eigenvalue weighted by molar-refractivity contribution is 0.0698. The Hall–Kier alpha value is -1.36. The molecule has 1 atom stereocenters. The van der Waals surface area contributed by atoms with Gasteiger partial charge in [0.25, 0.3) is 0 Å². The second-order valence-corrected chi connectivity index (χ2v) is 5.50. The van der Waals surface area contributed by atoms with Crippen molar-refractivity contribution < 1.29 is 9.90 Å². The van der Waals surface area contributed by atoms with Crippen molar-refractivity contribution in [1.29, 1.82) is 0 Å². The van der Waals surface area contributed by atoms with Gasteiger partial charge in [-0.05, 0) is 30.7 Å². The Morgan fingerprint density at radius 3 is 3.06 bits per heavy atom. The maximum absolute atomic E-state index is 11.1. The van der Waals surface area contributed by atoms with Gasteiger partial charge >= 0.3 is 5.97 Å². The molecule has 0 aliphatic carbocycles. The normalized spacial score (nSPS) is 19.2. The molecule has 0 aromatic heterocycles. The third kappa shape index (κ3) is 2.85. The molecule has 92 valence electrons. The van der Waals surface area contributed by atoms with Crippen LogP contribution in [0.3, 0.4) is 0 Å². The number of anilines is 2. The summed E-state index contributed by atoms with van der Waals surface area (Å²) in [6.45, 7) is 0.777. The predicted molar refractivity (Wildman–Crippen MR) is 71.8 cm³/mol. The Bertz CT molecular complexity index is 417. The number of nitrogens with two attached hydrogens (primary N) is 1. The first-order valence-corrected chi connectivity index (χ1v) is 6.70. The Kier molecular flexibility index (Phi) is 3.78. The molecule has 17 heavy (non-hydrogen) atoms. The molecule has 1 fully saturated rings. The van der Waals surface area contributed by atoms with Gasteiger partial charge in [0.2, 0.25) is 0 Å². The number of aromatic carboxylic acids is 1. The van der Waals surface area contributed by atoms with Crippen LogP contribution in [0.5, 0.6) is 0 Å². The highest BCUT2D eigenvalue weighted by Crippen LogP contribution is 2.28. The van der Waals surface area contributed by atoms with Gasteiger partial charge in [-0.15, -0.1) is 0 Å². The summed E-state index contributed by atoms with van der Waals surface area (Å²) in [4.78, 5) is 11.1. The molecule has 0 saturated carbocycles. The van der Waals surface area contributed by atoms with Crippen LogP contribution in [0.4, 0.5) is 11.4 Å². The quantitative estimate of drug-likeness (QED) is 0.717. The van der Waals surface area contributed by atoms with Crippen LogP contribution in [0.15, 0.2) is 18.2 Å². The van der Waals surface area contributed by atoms with E-state index in [-0.39, 0.29) is 5.56 Å². The molecule has 1 saturated heterocycles. The summed E-state index contributed by atoms with van der Waals surface area (Å²) >= 11 is 1.93. The molecule has 1 aliphatic heterocycles. The van der Waals surface area contributed by atoms with E-state index in [1.165, 1.54) is 18.6 Å². The Labute approximate surface area is 105 Å². The number of carboxylic acid groups (broad SMARTS) is 1. The molecule has 5 heteroatoms. The summed E-state index contributed by atoms with van der Waals surface area (Å²) in [6, 6.07) is 4.95. The molecule has 1 aliphatic rings. The number of benzene rings is 1. The van der Waals surface area contributed by atoms with Crippen molar-refractivity contribution in [3.05, 3.63) is 23.8 Å². The second kappa shape index (κ2) is 5.31. The van der Waals surface area contributed by atoms with Gasteiger partial charge in [0, 0.05) is 11.8 Å². The van der Waals surface area contributed by atoms with Crippen LogP contribution in [0, 0.1) is 0 Å². The van der Waals surface area contributed by atoms with Gasteiger partial charge in [-0.2, -0.15) is 11.8 Å². The summed E-state index contributed by atoms with van der Waals surface area (Å²) in [5.74, 6) is 0.251. The van der Waals surface area contributed by atoms with Crippen molar-refractivity contribution in [2.75, 3.05) is 23.3 Å². The highest BCUT2D eigenvalue weighted by atomic mass is 32.2. The van der Waals surface area contributed by atoms with E-state index in [1.54, 1.807) is 18.2 Å². The van der Waals surface area contributed by atoms with E-state index in [0.717, 1.165) is 6.54 Å². The van der Waals surface area contributed by atoms with Gasteiger partial charge in [-0.3, -0.25) is 0 Å². The van der Waals surface area contributed by atoms with Crippen molar-refractivity contribution in [2.24, 2.45) is 0 Å². The maximum atomic E-state index is 11.1. The van der Waals surface area contributed by atoms with E-state index < -0.39 is 5.97 Å². The molecule has 1 aromatic carbocycles. The number of rotatable bonds is 4. The number of nitrogen functional groups attached to an aromatic ring is 1. The molecular weight excluding hydrogens is 236 g/mol. The number of hydrogen-bond donors (Lipinski definition) is 3. The van der Waals surface area contributed by atoms with Crippen molar-refractivity contribution in [2.45, 2.75) is 18.1 Å². The molecular formula is C12H16N2O2S. The number of carbonyl (C=O) groups is 1. The third-order valence-electron chi connectivity index (χ3n) is 2.86. The van der Waals surface area contributed by atoms with Crippen LogP contribution >= 0.6 is 11.8 Å². The van der Waals surface area contributed by atoms with Crippen LogP contribution in [0.25, 0.3) is 0 Å². The van der Waals surface area contributed by atoms with E-state index in [4.69, 9.17) is 10.8 Å². The van der Waals surface area contributed by atoms with E-state index in [1.807, 2.05) is 11.8 Å². The largest absolute Gasteiger partial charge is 0.478 e. The number of carboxylic acids is 1. The number of nitrogens with one attached hydrogen (secondary N) is 1. The van der Waals surface area contributed by atoms with Crippen LogP contribution < -0.4 is 11.1 Å². The fourth-order valence-electron chi connectivity index (χ4n) is 1.97. The first-order chi connectivity index (χ1) is 8.18. The van der Waals surface area contributed by atoms with Crippen molar-refractivity contribution in [3.8, 4) is 0 Å². The lowest BCUT2D eigenvalue weighted by atomic mass is 10.1. The fourth-order valence-corrected chi connectivity index (χ4v) is 3.17. The van der Waals surface area contributed by atoms with Crippen molar-refractivity contribution >= 4 is 29.1 Å². The van der Waals surface area contributed by atoms with Gasteiger partial charge in [0.05, 0.1) is 16.9 Å². The first kappa shape index (κ1) is 12.1. The smallest absolute Gasteiger partial charge is 0.337 e. The second-order valence-electron chi connectivity index (χ2n) is 4.09. The molecule has 0 radical (unpaired) electrons. The minimum Gasteiger partial charge on any atom is -0.478 e. The predicted octanol–water partition coefficient (Wildman–Crippen LogP) is 2.27. The van der Waals surface area contributed by atoms with E-state index in [2.05, 4.69) is 5.32 Å². The topological polar surface area (TPSA) is 75.4 Å². The maximum Gasteiger partial charge on any atom is 0.337 e. The fraction of sp³-hybridized carbons (Fsp3) is 0.417. The van der Waals surface area contributed by atoms with Crippen molar-refractivity contribution in [1.82, 2.24) is 0 Å². The lowest BCUT2D eigenvalue weighted by Gasteiger charge is -2.15. The van der Waals surface area contributed by atoms with Crippen LogP contribution in [0.2, 0.25) is 0 Å². The van der Waals surface area contributed by atoms with Gasteiger partial charge < -0.3 is 16.2 Å². The molecule has 1 heterocycles. The summed E-state index contributed by atoms with van der Waals surface area (Å²) in [7, 11) is 0. The zero-order valence-electron chi connectivity index (χ0n) is 9.48. The minimum atomic E-state index is -0.945. The molecule has 0 spiro atoms. The molecule has 4 N–H and O–H groups in total. The average molecular weight is 252 g/mol. The number of thioether (sulfide) groups is 1. The zero-order valence-corrected chi connectivity index (χ0v) is 10.3. The van der Waals surface area contributed by atoms with Crippen LogP contribution in [-0.2, 0) is 0 Å². The highest BCUT2D eigenvalue weighted by molar-refractivity contribution is 8.00. The highest BCUT2D eigenvalue weighted by Gasteiger charge is 2.17. The standard InChI is InChI=1S/C12H16N2O2S/c13-10-5-1-4-9(12(15)16)11(10)14-7-8-3-2-6-17-8/h1,4-5,8,14H,2-3,6-7,13H2,(H,15,16). The molecule has 1 unspecified atom stereocenters. The summed E-state index contributed by atoms with van der Waals surface area (Å²) in [5, 5.41) is 12.8. The van der Waals surface area contributed by atoms with E-state index in [9.17, 15) is 4.79 Å². The van der Waals surface area contributed by atoms with Crippen molar-refractivity contribution in [3.63, 3.8) is 0 Å². The average Bonchev–Trinajstić information content (AvgIpc) is 2.80. The molecule has 1 aromatic rings. The first-order valence-electron chi connectivity index (χ1n) is 5.65. The monoisotopic (exact) mass is 252 g/mol. The SMILES string of the molecule is Nc1cccc(C(=O)O)c1NCC1CCCS1. The Morgan fingerprint density at radius 1 is 1.59 bits per heavy atom. The van der Waals surface area contributed by atoms with E-state index >= 15 is 0 Å². The van der Waals surface area contributed by atoms with Gasteiger partial charge in [0.15, 0.2) is 0 Å². The lowest BCUT2D eigenvalue weighted by Crippen LogP contribution is -2.17. The summed E-state index contributed by atoms with van der Waals surface area (Å²) in [6.07, 6.45) is 2.43. The number of para-hydroxylation sites is 1. The molecule has 0 amide bonds. The van der Waals surface area contributed by atoms with E-state index in [0.29, 0.717) is 16.6 Å². The molecule has 0 bridgehead atoms. The zero-order chi connectivity index (χ0) is 12.3. The summed E-state index contributed by atoms with van der Waals surface area (Å²) < 4.78 is 0. The Balaban J connectivity index is 2.10. The van der Waals surface area contributed by atoms with Gasteiger partial charge in [-0.1, -0.05) is 6.07 Å². The van der Waals surface area contributed by atoms with Gasteiger partial charge in [0.1, 0.15) is 0 Å². The van der Waals surface area contributed by atoms with Crippen LogP contribution in [0.1, 0.15) is 23.2 Å². The minimum absolute atomic E-state index is 0.244. The molecule has 2 rings (SSSR count). The molecule has 4 nitrogen and oxygen atoms in total. The number of hydrogen-bond acceptors (Lipinski definition) is 4.